The minimum atomic E-state index is -0.895. The van der Waals surface area contributed by atoms with Gasteiger partial charge in [0.2, 0.25) is 16.3 Å². The summed E-state index contributed by atoms with van der Waals surface area (Å²) >= 11 is 11.7. The van der Waals surface area contributed by atoms with E-state index in [1.165, 1.54) is 0 Å². The second-order valence-corrected chi connectivity index (χ2v) is 7.64. The molecule has 13 heteroatoms. The first kappa shape index (κ1) is 21.9. The number of esters is 1. The minimum absolute atomic E-state index is 0.136. The van der Waals surface area contributed by atoms with Crippen molar-refractivity contribution in [2.75, 3.05) is 18.5 Å². The van der Waals surface area contributed by atoms with Crippen molar-refractivity contribution < 1.29 is 28.7 Å². The van der Waals surface area contributed by atoms with Crippen molar-refractivity contribution in [3.8, 4) is 0 Å². The zero-order chi connectivity index (χ0) is 21.3. The maximum Gasteiger partial charge on any atom is 0.348 e. The number of hydrogen-bond donors (Lipinski definition) is 1. The summed E-state index contributed by atoms with van der Waals surface area (Å²) in [6.45, 7) is 5.18. The third-order valence-electron chi connectivity index (χ3n) is 4.45. The molecule has 1 saturated heterocycles. The third-order valence-corrected chi connectivity index (χ3v) is 4.88. The van der Waals surface area contributed by atoms with E-state index in [2.05, 4.69) is 15.3 Å². The van der Waals surface area contributed by atoms with E-state index in [9.17, 15) is 14.9 Å². The number of rotatable bonds is 7. The molecule has 1 aromatic heterocycles. The Labute approximate surface area is 176 Å². The predicted octanol–water partition coefficient (Wildman–Crippen LogP) is 2.34. The van der Waals surface area contributed by atoms with Gasteiger partial charge in [-0.05, 0) is 38.8 Å². The van der Waals surface area contributed by atoms with Crippen LogP contribution in [0.3, 0.4) is 0 Å². The molecular weight excluding hydrogens is 431 g/mol. The van der Waals surface area contributed by atoms with Crippen molar-refractivity contribution in [3.63, 3.8) is 0 Å². The lowest BCUT2D eigenvalue weighted by Gasteiger charge is -2.24. The average Bonchev–Trinajstić information content (AvgIpc) is 3.06. The fourth-order valence-electron chi connectivity index (χ4n) is 3.46. The van der Waals surface area contributed by atoms with E-state index in [1.807, 2.05) is 0 Å². The van der Waals surface area contributed by atoms with Gasteiger partial charge in [-0.25, -0.2) is 4.79 Å². The van der Waals surface area contributed by atoms with Crippen LogP contribution in [-0.2, 0) is 23.7 Å². The van der Waals surface area contributed by atoms with Gasteiger partial charge in [0.1, 0.15) is 18.8 Å². The number of halogens is 2. The number of nitrogens with one attached hydrogen (secondary N) is 1. The molecule has 0 bridgehead atoms. The third kappa shape index (κ3) is 4.86. The molecule has 1 N–H and O–H groups in total. The summed E-state index contributed by atoms with van der Waals surface area (Å²) < 4.78 is 22.4. The molecule has 3 rings (SSSR count). The first-order chi connectivity index (χ1) is 13.6. The van der Waals surface area contributed by atoms with Gasteiger partial charge in [-0.15, -0.1) is 0 Å². The second kappa shape index (κ2) is 8.52. The summed E-state index contributed by atoms with van der Waals surface area (Å²) in [6, 6.07) is -0.477. The van der Waals surface area contributed by atoms with Crippen LogP contribution >= 0.6 is 23.2 Å². The van der Waals surface area contributed by atoms with Gasteiger partial charge in [0.05, 0.1) is 23.7 Å². The fraction of sp³-hybridized carbons (Fsp3) is 0.688. The molecule has 0 amide bonds. The normalized spacial score (nSPS) is 27.5. The number of ether oxygens (including phenoxy) is 4. The van der Waals surface area contributed by atoms with E-state index in [0.717, 1.165) is 0 Å². The zero-order valence-corrected chi connectivity index (χ0v) is 17.4. The van der Waals surface area contributed by atoms with Crippen molar-refractivity contribution in [3.05, 3.63) is 20.6 Å². The zero-order valence-electron chi connectivity index (χ0n) is 15.9. The number of hydrogen-bond acceptors (Lipinski definition) is 10. The summed E-state index contributed by atoms with van der Waals surface area (Å²) in [5, 5.41) is 13.7. The molecule has 0 radical (unpaired) electrons. The lowest BCUT2D eigenvalue weighted by molar-refractivity contribution is -0.384. The number of aromatic nitrogens is 2. The van der Waals surface area contributed by atoms with Crippen molar-refractivity contribution in [2.45, 2.75) is 57.3 Å². The summed E-state index contributed by atoms with van der Waals surface area (Å²) in [7, 11) is 0. The SMILES string of the molecule is CCOC(=O)CO[C@H]1C[C@@H](Nc2nc(Cl)nc(Cl)c2[N+](=O)[O-])[C@@H]2OC(C)(C)O[C@@H]21. The van der Waals surface area contributed by atoms with E-state index in [1.54, 1.807) is 20.8 Å². The van der Waals surface area contributed by atoms with Crippen LogP contribution in [0.4, 0.5) is 11.5 Å². The molecule has 2 fully saturated rings. The molecule has 2 aliphatic rings. The monoisotopic (exact) mass is 450 g/mol. The van der Waals surface area contributed by atoms with Crippen LogP contribution in [0, 0.1) is 10.1 Å². The number of carbonyl (C=O) groups is 1. The van der Waals surface area contributed by atoms with Gasteiger partial charge < -0.3 is 24.3 Å². The maximum absolute atomic E-state index is 11.6. The van der Waals surface area contributed by atoms with E-state index in [-0.39, 0.29) is 29.5 Å². The Morgan fingerprint density at radius 2 is 2.03 bits per heavy atom. The predicted molar refractivity (Wildman–Crippen MR) is 101 cm³/mol. The Hall–Kier alpha value is -1.79. The molecule has 1 saturated carbocycles. The fourth-order valence-corrected chi connectivity index (χ4v) is 3.91. The van der Waals surface area contributed by atoms with Crippen LogP contribution in [-0.4, -0.2) is 64.2 Å². The van der Waals surface area contributed by atoms with Crippen LogP contribution < -0.4 is 5.32 Å². The topological polar surface area (TPSA) is 135 Å². The lowest BCUT2D eigenvalue weighted by Crippen LogP contribution is -2.35. The number of nitro groups is 1. The molecule has 160 valence electrons. The quantitative estimate of drug-likeness (QED) is 0.216. The second-order valence-electron chi connectivity index (χ2n) is 6.94. The van der Waals surface area contributed by atoms with E-state index < -0.39 is 46.7 Å². The molecular formula is C16H20Cl2N4O7. The molecule has 29 heavy (non-hydrogen) atoms. The first-order valence-electron chi connectivity index (χ1n) is 8.88. The standard InChI is InChI=1S/C16H20Cl2N4O7/c1-4-26-9(23)6-27-8-5-7(11-12(8)29-16(2,3)28-11)19-14-10(22(24)25)13(17)20-15(18)21-14/h7-8,11-12H,4-6H2,1-3H3,(H,19,20,21)/t7-,8+,11+,12-/m1/s1. The summed E-state index contributed by atoms with van der Waals surface area (Å²) in [4.78, 5) is 29.8. The Morgan fingerprint density at radius 1 is 1.34 bits per heavy atom. The van der Waals surface area contributed by atoms with Crippen molar-refractivity contribution in [1.82, 2.24) is 9.97 Å². The Kier molecular flexibility index (Phi) is 6.44. The molecule has 1 aromatic rings. The smallest absolute Gasteiger partial charge is 0.348 e. The average molecular weight is 451 g/mol. The Bertz CT molecular complexity index is 810. The molecule has 4 atom stereocenters. The van der Waals surface area contributed by atoms with Crippen molar-refractivity contribution >= 4 is 40.7 Å². The summed E-state index contributed by atoms with van der Waals surface area (Å²) in [5.41, 5.74) is -0.498. The van der Waals surface area contributed by atoms with Crippen LogP contribution in [0.15, 0.2) is 0 Å². The van der Waals surface area contributed by atoms with E-state index in [0.29, 0.717) is 6.42 Å². The highest BCUT2D eigenvalue weighted by Crippen LogP contribution is 2.42. The van der Waals surface area contributed by atoms with Crippen molar-refractivity contribution in [2.24, 2.45) is 0 Å². The van der Waals surface area contributed by atoms with Gasteiger partial charge in [0.25, 0.3) is 0 Å². The minimum Gasteiger partial charge on any atom is -0.464 e. The first-order valence-corrected chi connectivity index (χ1v) is 9.63. The highest BCUT2D eigenvalue weighted by Gasteiger charge is 2.55. The van der Waals surface area contributed by atoms with Gasteiger partial charge in [-0.3, -0.25) is 10.1 Å². The van der Waals surface area contributed by atoms with Crippen LogP contribution in [0.25, 0.3) is 0 Å². The molecule has 2 heterocycles. The number of nitrogens with zero attached hydrogens (tertiary/aromatic N) is 3. The van der Waals surface area contributed by atoms with E-state index in [4.69, 9.17) is 42.1 Å². The van der Waals surface area contributed by atoms with Gasteiger partial charge in [-0.2, -0.15) is 9.97 Å². The van der Waals surface area contributed by atoms with Crippen LogP contribution in [0.5, 0.6) is 0 Å². The van der Waals surface area contributed by atoms with Gasteiger partial charge >= 0.3 is 11.7 Å². The molecule has 0 spiro atoms. The highest BCUT2D eigenvalue weighted by atomic mass is 35.5. The van der Waals surface area contributed by atoms with Gasteiger partial charge in [0.15, 0.2) is 5.79 Å². The molecule has 1 aliphatic heterocycles. The van der Waals surface area contributed by atoms with Crippen molar-refractivity contribution in [1.29, 1.82) is 0 Å². The highest BCUT2D eigenvalue weighted by molar-refractivity contribution is 6.33. The summed E-state index contributed by atoms with van der Waals surface area (Å²) in [5.74, 6) is -1.53. The van der Waals surface area contributed by atoms with E-state index >= 15 is 0 Å². The largest absolute Gasteiger partial charge is 0.464 e. The Morgan fingerprint density at radius 3 is 2.69 bits per heavy atom. The number of fused-ring (bicyclic) bond motifs is 1. The molecule has 0 aromatic carbocycles. The molecule has 1 aliphatic carbocycles. The molecule has 11 nitrogen and oxygen atoms in total. The Balaban J connectivity index is 1.81. The van der Waals surface area contributed by atoms with Gasteiger partial charge in [0, 0.05) is 0 Å². The summed E-state index contributed by atoms with van der Waals surface area (Å²) in [6.07, 6.45) is -1.18. The number of anilines is 1. The van der Waals surface area contributed by atoms with Crippen LogP contribution in [0.2, 0.25) is 10.4 Å². The number of carbonyl (C=O) groups excluding carboxylic acids is 1. The van der Waals surface area contributed by atoms with Gasteiger partial charge in [-0.1, -0.05) is 11.6 Å². The maximum atomic E-state index is 11.6. The lowest BCUT2D eigenvalue weighted by atomic mass is 10.2. The molecule has 0 unspecified atom stereocenters. The van der Waals surface area contributed by atoms with Crippen LogP contribution in [0.1, 0.15) is 27.2 Å².